The molecule has 1 heterocycles. The Labute approximate surface area is 158 Å². The summed E-state index contributed by atoms with van der Waals surface area (Å²) >= 11 is 0. The van der Waals surface area contributed by atoms with Gasteiger partial charge in [-0.05, 0) is 32.4 Å². The number of aliphatic hydroxyl groups is 1. The second kappa shape index (κ2) is 9.75. The third kappa shape index (κ3) is 5.09. The van der Waals surface area contributed by atoms with Gasteiger partial charge in [0, 0.05) is 24.9 Å². The Kier molecular flexibility index (Phi) is 7.40. The zero-order valence-electron chi connectivity index (χ0n) is 15.6. The van der Waals surface area contributed by atoms with Crippen LogP contribution in [0.25, 0.3) is 0 Å². The fraction of sp³-hybridized carbons (Fsp3) is 0.450. The van der Waals surface area contributed by atoms with Crippen LogP contribution in [-0.2, 0) is 19.1 Å². The summed E-state index contributed by atoms with van der Waals surface area (Å²) in [5.41, 5.74) is 0.633. The Hall–Kier alpha value is -2.83. The van der Waals surface area contributed by atoms with Gasteiger partial charge in [0.2, 0.25) is 0 Å². The number of benzene rings is 1. The molecular weight excluding hydrogens is 350 g/mol. The van der Waals surface area contributed by atoms with Gasteiger partial charge < -0.3 is 19.5 Å². The molecule has 0 aromatic heterocycles. The molecule has 1 unspecified atom stereocenters. The van der Waals surface area contributed by atoms with E-state index in [0.29, 0.717) is 5.56 Å². The molecule has 7 heteroatoms. The Bertz CT molecular complexity index is 712. The molecule has 7 nitrogen and oxygen atoms in total. The summed E-state index contributed by atoms with van der Waals surface area (Å²) in [4.78, 5) is 38.2. The number of rotatable bonds is 7. The molecule has 0 spiro atoms. The van der Waals surface area contributed by atoms with Crippen LogP contribution in [0.4, 0.5) is 0 Å². The number of aliphatic hydroxyl groups excluding tert-OH is 1. The van der Waals surface area contributed by atoms with Crippen molar-refractivity contribution in [2.75, 3.05) is 19.8 Å². The summed E-state index contributed by atoms with van der Waals surface area (Å²) in [6.45, 7) is 4.09. The smallest absolute Gasteiger partial charge is 0.337 e. The van der Waals surface area contributed by atoms with Crippen molar-refractivity contribution in [3.05, 3.63) is 47.2 Å². The molecule has 0 fully saturated rings. The molecular formula is C20H25NO6. The van der Waals surface area contributed by atoms with Gasteiger partial charge in [0.15, 0.2) is 0 Å². The molecule has 1 aliphatic heterocycles. The van der Waals surface area contributed by atoms with Crippen LogP contribution in [-0.4, -0.2) is 53.7 Å². The molecule has 1 amide bonds. The Morgan fingerprint density at radius 3 is 2.41 bits per heavy atom. The van der Waals surface area contributed by atoms with Gasteiger partial charge in [0.05, 0.1) is 24.8 Å². The van der Waals surface area contributed by atoms with Crippen molar-refractivity contribution in [1.29, 1.82) is 0 Å². The monoisotopic (exact) mass is 375 g/mol. The SMILES string of the molecule is CCOC(=O)CCC1C(O)=C(C(=O)OCC)CCN1C(=O)c1ccccc1. The number of carbonyl (C=O) groups is 3. The number of carbonyl (C=O) groups excluding carboxylic acids is 3. The van der Waals surface area contributed by atoms with Gasteiger partial charge in [0.1, 0.15) is 5.76 Å². The summed E-state index contributed by atoms with van der Waals surface area (Å²) in [6.07, 6.45) is 0.378. The van der Waals surface area contributed by atoms with Crippen LogP contribution in [0.1, 0.15) is 43.5 Å². The van der Waals surface area contributed by atoms with E-state index in [-0.39, 0.29) is 56.3 Å². The van der Waals surface area contributed by atoms with Crippen molar-refractivity contribution in [1.82, 2.24) is 4.90 Å². The molecule has 0 radical (unpaired) electrons. The molecule has 146 valence electrons. The second-order valence-electron chi connectivity index (χ2n) is 6.06. The second-order valence-corrected chi connectivity index (χ2v) is 6.06. The van der Waals surface area contributed by atoms with E-state index in [1.54, 1.807) is 44.2 Å². The van der Waals surface area contributed by atoms with E-state index in [4.69, 9.17) is 9.47 Å². The highest BCUT2D eigenvalue weighted by atomic mass is 16.5. The van der Waals surface area contributed by atoms with Crippen LogP contribution in [0.5, 0.6) is 0 Å². The van der Waals surface area contributed by atoms with Crippen molar-refractivity contribution in [2.45, 2.75) is 39.2 Å². The topological polar surface area (TPSA) is 93.1 Å². The van der Waals surface area contributed by atoms with Gasteiger partial charge >= 0.3 is 11.9 Å². The fourth-order valence-electron chi connectivity index (χ4n) is 3.06. The Balaban J connectivity index is 2.28. The minimum Gasteiger partial charge on any atom is -0.510 e. The maximum atomic E-state index is 12.9. The number of nitrogens with zero attached hydrogens (tertiary/aromatic N) is 1. The van der Waals surface area contributed by atoms with Crippen LogP contribution in [0.2, 0.25) is 0 Å². The van der Waals surface area contributed by atoms with Crippen molar-refractivity contribution >= 4 is 17.8 Å². The predicted molar refractivity (Wildman–Crippen MR) is 98.0 cm³/mol. The van der Waals surface area contributed by atoms with E-state index >= 15 is 0 Å². The molecule has 0 saturated carbocycles. The van der Waals surface area contributed by atoms with Crippen LogP contribution in [0.15, 0.2) is 41.7 Å². The lowest BCUT2D eigenvalue weighted by Gasteiger charge is -2.36. The Morgan fingerprint density at radius 1 is 1.11 bits per heavy atom. The van der Waals surface area contributed by atoms with Gasteiger partial charge in [-0.3, -0.25) is 9.59 Å². The molecule has 0 saturated heterocycles. The van der Waals surface area contributed by atoms with Gasteiger partial charge in [0.25, 0.3) is 5.91 Å². The lowest BCUT2D eigenvalue weighted by Crippen LogP contribution is -2.46. The van der Waals surface area contributed by atoms with Crippen molar-refractivity contribution in [2.24, 2.45) is 0 Å². The zero-order chi connectivity index (χ0) is 19.8. The van der Waals surface area contributed by atoms with E-state index in [9.17, 15) is 19.5 Å². The average Bonchev–Trinajstić information content (AvgIpc) is 2.67. The highest BCUT2D eigenvalue weighted by Crippen LogP contribution is 2.28. The number of amides is 1. The third-order valence-electron chi connectivity index (χ3n) is 4.33. The number of ether oxygens (including phenoxy) is 2. The molecule has 1 aromatic rings. The first-order valence-electron chi connectivity index (χ1n) is 9.10. The fourth-order valence-corrected chi connectivity index (χ4v) is 3.06. The van der Waals surface area contributed by atoms with E-state index in [1.165, 1.54) is 4.90 Å². The Morgan fingerprint density at radius 2 is 1.78 bits per heavy atom. The molecule has 1 aromatic carbocycles. The van der Waals surface area contributed by atoms with E-state index in [1.807, 2.05) is 0 Å². The summed E-state index contributed by atoms with van der Waals surface area (Å²) in [5.74, 6) is -1.49. The molecule has 2 rings (SSSR count). The number of hydrogen-bond donors (Lipinski definition) is 1. The first kappa shape index (κ1) is 20.5. The van der Waals surface area contributed by atoms with Crippen molar-refractivity contribution in [3.63, 3.8) is 0 Å². The first-order valence-corrected chi connectivity index (χ1v) is 9.10. The maximum absolute atomic E-state index is 12.9. The third-order valence-corrected chi connectivity index (χ3v) is 4.33. The highest BCUT2D eigenvalue weighted by Gasteiger charge is 2.36. The number of esters is 2. The predicted octanol–water partition coefficient (Wildman–Crippen LogP) is 2.62. The summed E-state index contributed by atoms with van der Waals surface area (Å²) in [6, 6.07) is 7.91. The first-order chi connectivity index (χ1) is 13.0. The van der Waals surface area contributed by atoms with E-state index in [0.717, 1.165) is 0 Å². The molecule has 0 aliphatic carbocycles. The van der Waals surface area contributed by atoms with Crippen LogP contribution in [0.3, 0.4) is 0 Å². The quantitative estimate of drug-likeness (QED) is 0.737. The standard InChI is InChI=1S/C20H25NO6/c1-3-26-17(22)11-10-16-18(23)15(20(25)27-4-2)12-13-21(16)19(24)14-8-6-5-7-9-14/h5-9,16,23H,3-4,10-13H2,1-2H3. The molecule has 1 N–H and O–H groups in total. The van der Waals surface area contributed by atoms with Gasteiger partial charge in [-0.1, -0.05) is 18.2 Å². The summed E-state index contributed by atoms with van der Waals surface area (Å²) in [7, 11) is 0. The molecule has 27 heavy (non-hydrogen) atoms. The molecule has 1 aliphatic rings. The summed E-state index contributed by atoms with van der Waals surface area (Å²) < 4.78 is 9.92. The van der Waals surface area contributed by atoms with Crippen LogP contribution >= 0.6 is 0 Å². The van der Waals surface area contributed by atoms with Gasteiger partial charge in [-0.2, -0.15) is 0 Å². The van der Waals surface area contributed by atoms with Gasteiger partial charge in [-0.15, -0.1) is 0 Å². The summed E-state index contributed by atoms with van der Waals surface area (Å²) in [5, 5.41) is 10.7. The van der Waals surface area contributed by atoms with Gasteiger partial charge in [-0.25, -0.2) is 4.79 Å². The largest absolute Gasteiger partial charge is 0.510 e. The minimum absolute atomic E-state index is 0.0250. The number of hydrogen-bond acceptors (Lipinski definition) is 6. The normalized spacial score (nSPS) is 16.8. The zero-order valence-corrected chi connectivity index (χ0v) is 15.6. The lowest BCUT2D eigenvalue weighted by molar-refractivity contribution is -0.143. The molecule has 1 atom stereocenters. The average molecular weight is 375 g/mol. The maximum Gasteiger partial charge on any atom is 0.337 e. The highest BCUT2D eigenvalue weighted by molar-refractivity contribution is 5.96. The van der Waals surface area contributed by atoms with Crippen LogP contribution < -0.4 is 0 Å². The lowest BCUT2D eigenvalue weighted by atomic mass is 9.95. The van der Waals surface area contributed by atoms with Crippen LogP contribution in [0, 0.1) is 0 Å². The molecule has 0 bridgehead atoms. The van der Waals surface area contributed by atoms with E-state index in [2.05, 4.69) is 0 Å². The van der Waals surface area contributed by atoms with E-state index < -0.39 is 18.0 Å². The van der Waals surface area contributed by atoms with Crippen molar-refractivity contribution < 1.29 is 29.0 Å². The van der Waals surface area contributed by atoms with Crippen molar-refractivity contribution in [3.8, 4) is 0 Å². The minimum atomic E-state index is -0.782.